The highest BCUT2D eigenvalue weighted by Gasteiger charge is 2.28. The fraction of sp³-hybridized carbons (Fsp3) is 0.857. The topological polar surface area (TPSA) is 29.1 Å². The molecule has 0 heterocycles. The Hall–Kier alpha value is -0.0500. The van der Waals surface area contributed by atoms with Gasteiger partial charge in [-0.1, -0.05) is 15.9 Å². The Bertz CT molecular complexity index is 134. The third-order valence-corrected chi connectivity index (χ3v) is 2.75. The van der Waals surface area contributed by atoms with Gasteiger partial charge >= 0.3 is 0 Å². The number of halogens is 1. The first-order valence-corrected chi connectivity index (χ1v) is 4.50. The molecule has 1 aliphatic rings. The normalized spacial score (nSPS) is 20.2. The van der Waals surface area contributed by atoms with Gasteiger partial charge in [0, 0.05) is 18.3 Å². The standard InChI is InChI=1S/C7H12BrNO/c1-5(10)9-4-7(8)6-2-3-6/h6-7H,2-4H2,1H3,(H,9,10). The van der Waals surface area contributed by atoms with Crippen molar-refractivity contribution in [2.45, 2.75) is 24.6 Å². The van der Waals surface area contributed by atoms with Crippen molar-refractivity contribution in [1.29, 1.82) is 0 Å². The van der Waals surface area contributed by atoms with E-state index in [4.69, 9.17) is 0 Å². The summed E-state index contributed by atoms with van der Waals surface area (Å²) in [4.78, 5) is 11.0. The highest BCUT2D eigenvalue weighted by Crippen LogP contribution is 2.36. The molecule has 58 valence electrons. The lowest BCUT2D eigenvalue weighted by Gasteiger charge is -2.07. The second-order valence-electron chi connectivity index (χ2n) is 2.79. The van der Waals surface area contributed by atoms with Crippen molar-refractivity contribution >= 4 is 21.8 Å². The van der Waals surface area contributed by atoms with Crippen LogP contribution in [0.15, 0.2) is 0 Å². The van der Waals surface area contributed by atoms with Crippen molar-refractivity contribution in [2.24, 2.45) is 5.92 Å². The predicted octanol–water partition coefficient (Wildman–Crippen LogP) is 1.30. The lowest BCUT2D eigenvalue weighted by Crippen LogP contribution is -2.28. The van der Waals surface area contributed by atoms with Gasteiger partial charge in [0.2, 0.25) is 5.91 Å². The van der Waals surface area contributed by atoms with Gasteiger partial charge in [0.1, 0.15) is 0 Å². The van der Waals surface area contributed by atoms with Gasteiger partial charge in [-0.2, -0.15) is 0 Å². The van der Waals surface area contributed by atoms with Crippen LogP contribution in [-0.4, -0.2) is 17.3 Å². The van der Waals surface area contributed by atoms with Gasteiger partial charge in [-0.3, -0.25) is 4.79 Å². The second-order valence-corrected chi connectivity index (χ2v) is 3.97. The monoisotopic (exact) mass is 205 g/mol. The van der Waals surface area contributed by atoms with E-state index in [1.54, 1.807) is 6.92 Å². The summed E-state index contributed by atoms with van der Waals surface area (Å²) < 4.78 is 0. The number of carbonyl (C=O) groups is 1. The van der Waals surface area contributed by atoms with E-state index in [0.717, 1.165) is 12.5 Å². The minimum Gasteiger partial charge on any atom is -0.355 e. The lowest BCUT2D eigenvalue weighted by atomic mass is 10.3. The van der Waals surface area contributed by atoms with Gasteiger partial charge in [0.05, 0.1) is 0 Å². The zero-order valence-corrected chi connectivity index (χ0v) is 7.65. The number of hydrogen-bond donors (Lipinski definition) is 1. The fourth-order valence-electron chi connectivity index (χ4n) is 0.866. The first kappa shape index (κ1) is 8.05. The van der Waals surface area contributed by atoms with Crippen LogP contribution in [0.3, 0.4) is 0 Å². The van der Waals surface area contributed by atoms with Crippen LogP contribution in [0.25, 0.3) is 0 Å². The average Bonchev–Trinajstić information content (AvgIpc) is 2.63. The van der Waals surface area contributed by atoms with Gasteiger partial charge < -0.3 is 5.32 Å². The van der Waals surface area contributed by atoms with E-state index in [-0.39, 0.29) is 5.91 Å². The molecule has 0 saturated heterocycles. The third kappa shape index (κ3) is 2.69. The van der Waals surface area contributed by atoms with Crippen molar-refractivity contribution in [2.75, 3.05) is 6.54 Å². The van der Waals surface area contributed by atoms with Crippen molar-refractivity contribution in [3.05, 3.63) is 0 Å². The predicted molar refractivity (Wildman–Crippen MR) is 44.1 cm³/mol. The van der Waals surface area contributed by atoms with Crippen LogP contribution in [0.4, 0.5) is 0 Å². The van der Waals surface area contributed by atoms with Crippen LogP contribution in [0, 0.1) is 5.92 Å². The van der Waals surface area contributed by atoms with Gasteiger partial charge in [-0.05, 0) is 18.8 Å². The number of hydrogen-bond acceptors (Lipinski definition) is 1. The van der Waals surface area contributed by atoms with Crippen LogP contribution >= 0.6 is 15.9 Å². The molecule has 0 aliphatic heterocycles. The molecule has 0 spiro atoms. The van der Waals surface area contributed by atoms with Gasteiger partial charge in [-0.15, -0.1) is 0 Å². The molecular weight excluding hydrogens is 194 g/mol. The summed E-state index contributed by atoms with van der Waals surface area (Å²) >= 11 is 3.52. The van der Waals surface area contributed by atoms with Gasteiger partial charge in [-0.25, -0.2) is 0 Å². The van der Waals surface area contributed by atoms with Gasteiger partial charge in [0.25, 0.3) is 0 Å². The summed E-state index contributed by atoms with van der Waals surface area (Å²) in [6.45, 7) is 2.33. The molecule has 0 bridgehead atoms. The van der Waals surface area contributed by atoms with E-state index in [0.29, 0.717) is 4.83 Å². The third-order valence-electron chi connectivity index (χ3n) is 1.68. The highest BCUT2D eigenvalue weighted by atomic mass is 79.9. The second kappa shape index (κ2) is 3.37. The van der Waals surface area contributed by atoms with Crippen molar-refractivity contribution in [1.82, 2.24) is 5.32 Å². The maximum atomic E-state index is 10.5. The quantitative estimate of drug-likeness (QED) is 0.692. The number of nitrogens with one attached hydrogen (secondary N) is 1. The Morgan fingerprint density at radius 2 is 2.40 bits per heavy atom. The Labute approximate surface area is 69.5 Å². The molecule has 10 heavy (non-hydrogen) atoms. The zero-order valence-electron chi connectivity index (χ0n) is 6.06. The fourth-order valence-corrected chi connectivity index (χ4v) is 1.56. The van der Waals surface area contributed by atoms with Crippen LogP contribution in [0.2, 0.25) is 0 Å². The number of amides is 1. The molecule has 2 nitrogen and oxygen atoms in total. The Morgan fingerprint density at radius 1 is 1.80 bits per heavy atom. The molecule has 1 rings (SSSR count). The maximum absolute atomic E-state index is 10.5. The first-order valence-electron chi connectivity index (χ1n) is 3.58. The molecule has 0 aromatic heterocycles. The van der Waals surface area contributed by atoms with Crippen molar-refractivity contribution < 1.29 is 4.79 Å². The smallest absolute Gasteiger partial charge is 0.216 e. The summed E-state index contributed by atoms with van der Waals surface area (Å²) in [7, 11) is 0. The molecule has 1 saturated carbocycles. The summed E-state index contributed by atoms with van der Waals surface area (Å²) in [5, 5.41) is 2.78. The minimum absolute atomic E-state index is 0.0603. The highest BCUT2D eigenvalue weighted by molar-refractivity contribution is 9.09. The largest absolute Gasteiger partial charge is 0.355 e. The van der Waals surface area contributed by atoms with Crippen molar-refractivity contribution in [3.8, 4) is 0 Å². The van der Waals surface area contributed by atoms with Crippen molar-refractivity contribution in [3.63, 3.8) is 0 Å². The average molecular weight is 206 g/mol. The molecular formula is C7H12BrNO. The molecule has 1 unspecified atom stereocenters. The molecule has 3 heteroatoms. The van der Waals surface area contributed by atoms with Crippen LogP contribution in [-0.2, 0) is 4.79 Å². The number of carbonyl (C=O) groups excluding carboxylic acids is 1. The van der Waals surface area contributed by atoms with Crippen LogP contribution in [0.1, 0.15) is 19.8 Å². The molecule has 0 aromatic carbocycles. The first-order chi connectivity index (χ1) is 4.70. The van der Waals surface area contributed by atoms with Crippen LogP contribution < -0.4 is 5.32 Å². The molecule has 1 atom stereocenters. The van der Waals surface area contributed by atoms with Crippen LogP contribution in [0.5, 0.6) is 0 Å². The van der Waals surface area contributed by atoms with E-state index in [9.17, 15) is 4.79 Å². The Balaban J connectivity index is 2.05. The summed E-state index contributed by atoms with van der Waals surface area (Å²) in [5.41, 5.74) is 0. The number of rotatable bonds is 3. The summed E-state index contributed by atoms with van der Waals surface area (Å²) in [6, 6.07) is 0. The molecule has 1 amide bonds. The molecule has 0 aromatic rings. The lowest BCUT2D eigenvalue weighted by molar-refractivity contribution is -0.118. The minimum atomic E-state index is 0.0603. The van der Waals surface area contributed by atoms with E-state index in [1.807, 2.05) is 0 Å². The summed E-state index contributed by atoms with van der Waals surface area (Å²) in [5.74, 6) is 0.872. The van der Waals surface area contributed by atoms with E-state index in [1.165, 1.54) is 12.8 Å². The number of alkyl halides is 1. The molecule has 1 fully saturated rings. The Morgan fingerprint density at radius 3 is 2.80 bits per heavy atom. The molecule has 0 radical (unpaired) electrons. The SMILES string of the molecule is CC(=O)NCC(Br)C1CC1. The summed E-state index contributed by atoms with van der Waals surface area (Å²) in [6.07, 6.45) is 2.63. The zero-order chi connectivity index (χ0) is 7.56. The van der Waals surface area contributed by atoms with E-state index >= 15 is 0 Å². The molecule has 1 N–H and O–H groups in total. The maximum Gasteiger partial charge on any atom is 0.216 e. The molecule has 1 aliphatic carbocycles. The van der Waals surface area contributed by atoms with E-state index < -0.39 is 0 Å². The van der Waals surface area contributed by atoms with E-state index in [2.05, 4.69) is 21.2 Å². The Kier molecular flexibility index (Phi) is 2.72. The van der Waals surface area contributed by atoms with Gasteiger partial charge in [0.15, 0.2) is 0 Å².